The van der Waals surface area contributed by atoms with E-state index in [9.17, 15) is 5.11 Å². The average Bonchev–Trinajstić information content (AvgIpc) is 2.27. The molecular weight excluding hydrogens is 226 g/mol. The first kappa shape index (κ1) is 10.6. The van der Waals surface area contributed by atoms with Gasteiger partial charge in [0, 0.05) is 6.07 Å². The zero-order valence-electron chi connectivity index (χ0n) is 8.35. The molecule has 0 bridgehead atoms. The molecule has 0 amide bonds. The van der Waals surface area contributed by atoms with Crippen LogP contribution < -0.4 is 10.5 Å². The van der Waals surface area contributed by atoms with Crippen LogP contribution in [0.1, 0.15) is 0 Å². The number of aromatic hydroxyl groups is 1. The highest BCUT2D eigenvalue weighted by Gasteiger charge is 2.07. The molecule has 0 unspecified atom stereocenters. The molecule has 0 aliphatic rings. The van der Waals surface area contributed by atoms with Crippen LogP contribution in [0.3, 0.4) is 0 Å². The van der Waals surface area contributed by atoms with Gasteiger partial charge in [0.2, 0.25) is 0 Å². The van der Waals surface area contributed by atoms with Gasteiger partial charge in [-0.1, -0.05) is 29.8 Å². The number of ether oxygens (including phenoxy) is 1. The van der Waals surface area contributed by atoms with Gasteiger partial charge in [-0.15, -0.1) is 0 Å². The Balaban J connectivity index is 2.32. The Morgan fingerprint density at radius 3 is 2.50 bits per heavy atom. The fourth-order valence-corrected chi connectivity index (χ4v) is 1.46. The molecule has 3 N–H and O–H groups in total. The van der Waals surface area contributed by atoms with Crippen LogP contribution in [0.4, 0.5) is 5.69 Å². The molecular formula is C12H10ClNO2. The maximum Gasteiger partial charge on any atom is 0.149 e. The van der Waals surface area contributed by atoms with E-state index in [1.54, 1.807) is 12.1 Å². The third kappa shape index (κ3) is 2.20. The van der Waals surface area contributed by atoms with Gasteiger partial charge in [-0.25, -0.2) is 0 Å². The van der Waals surface area contributed by atoms with Crippen molar-refractivity contribution in [2.24, 2.45) is 0 Å². The summed E-state index contributed by atoms with van der Waals surface area (Å²) in [5.41, 5.74) is 5.72. The minimum absolute atomic E-state index is 0.0460. The zero-order valence-corrected chi connectivity index (χ0v) is 9.11. The summed E-state index contributed by atoms with van der Waals surface area (Å²) in [4.78, 5) is 0. The number of para-hydroxylation sites is 1. The summed E-state index contributed by atoms with van der Waals surface area (Å²) in [5.74, 6) is 0.975. The fourth-order valence-electron chi connectivity index (χ4n) is 1.25. The van der Waals surface area contributed by atoms with E-state index >= 15 is 0 Å². The first-order valence-electron chi connectivity index (χ1n) is 4.67. The molecule has 16 heavy (non-hydrogen) atoms. The Morgan fingerprint density at radius 1 is 1.12 bits per heavy atom. The van der Waals surface area contributed by atoms with Crippen LogP contribution in [0.15, 0.2) is 42.5 Å². The SMILES string of the molecule is Nc1cc(Cl)c(Oc2ccccc2)cc1O. The van der Waals surface area contributed by atoms with Crippen LogP contribution in [0.2, 0.25) is 5.02 Å². The van der Waals surface area contributed by atoms with Crippen molar-refractivity contribution >= 4 is 17.3 Å². The number of nitrogens with two attached hydrogens (primary N) is 1. The molecule has 0 heterocycles. The van der Waals surface area contributed by atoms with Crippen molar-refractivity contribution in [2.75, 3.05) is 5.73 Å². The smallest absolute Gasteiger partial charge is 0.149 e. The summed E-state index contributed by atoms with van der Waals surface area (Å²) in [7, 11) is 0. The van der Waals surface area contributed by atoms with Crippen molar-refractivity contribution in [1.82, 2.24) is 0 Å². The Morgan fingerprint density at radius 2 is 1.81 bits per heavy atom. The third-order valence-corrected chi connectivity index (χ3v) is 2.35. The zero-order chi connectivity index (χ0) is 11.5. The lowest BCUT2D eigenvalue weighted by Crippen LogP contribution is -1.89. The molecule has 0 atom stereocenters. The second-order valence-electron chi connectivity index (χ2n) is 3.26. The van der Waals surface area contributed by atoms with Crippen LogP contribution in [0, 0.1) is 0 Å². The van der Waals surface area contributed by atoms with E-state index < -0.39 is 0 Å². The largest absolute Gasteiger partial charge is 0.506 e. The molecule has 0 fully saturated rings. The number of hydrogen-bond acceptors (Lipinski definition) is 3. The lowest BCUT2D eigenvalue weighted by Gasteiger charge is -2.09. The number of anilines is 1. The molecule has 0 saturated carbocycles. The van der Waals surface area contributed by atoms with Gasteiger partial charge in [0.1, 0.15) is 17.2 Å². The molecule has 2 aromatic carbocycles. The van der Waals surface area contributed by atoms with Crippen molar-refractivity contribution in [3.8, 4) is 17.2 Å². The van der Waals surface area contributed by atoms with Gasteiger partial charge < -0.3 is 15.6 Å². The molecule has 0 saturated heterocycles. The first-order valence-corrected chi connectivity index (χ1v) is 5.05. The van der Waals surface area contributed by atoms with Crippen LogP contribution in [-0.4, -0.2) is 5.11 Å². The highest BCUT2D eigenvalue weighted by atomic mass is 35.5. The molecule has 0 aliphatic carbocycles. The number of phenols is 1. The molecule has 0 spiro atoms. The summed E-state index contributed by atoms with van der Waals surface area (Å²) in [6.07, 6.45) is 0. The van der Waals surface area contributed by atoms with Gasteiger partial charge in [0.05, 0.1) is 10.7 Å². The predicted molar refractivity (Wildman–Crippen MR) is 64.0 cm³/mol. The first-order chi connectivity index (χ1) is 7.66. The Hall–Kier alpha value is -1.87. The maximum absolute atomic E-state index is 9.44. The maximum atomic E-state index is 9.44. The van der Waals surface area contributed by atoms with Crippen LogP contribution >= 0.6 is 11.6 Å². The quantitative estimate of drug-likeness (QED) is 0.619. The predicted octanol–water partition coefficient (Wildman–Crippen LogP) is 3.42. The lowest BCUT2D eigenvalue weighted by atomic mass is 10.3. The highest BCUT2D eigenvalue weighted by molar-refractivity contribution is 6.32. The minimum atomic E-state index is -0.0460. The molecule has 2 rings (SSSR count). The summed E-state index contributed by atoms with van der Waals surface area (Å²) in [6.45, 7) is 0. The summed E-state index contributed by atoms with van der Waals surface area (Å²) < 4.78 is 5.50. The molecule has 4 heteroatoms. The number of halogens is 1. The van der Waals surface area contributed by atoms with Crippen LogP contribution in [-0.2, 0) is 0 Å². The van der Waals surface area contributed by atoms with Gasteiger partial charge in [0.25, 0.3) is 0 Å². The molecule has 0 aliphatic heterocycles. The lowest BCUT2D eigenvalue weighted by molar-refractivity contribution is 0.457. The number of hydrogen-bond donors (Lipinski definition) is 2. The average molecular weight is 236 g/mol. The summed E-state index contributed by atoms with van der Waals surface area (Å²) in [6, 6.07) is 12.0. The normalized spacial score (nSPS) is 10.1. The van der Waals surface area contributed by atoms with E-state index in [1.807, 2.05) is 18.2 Å². The van der Waals surface area contributed by atoms with Crippen molar-refractivity contribution in [3.05, 3.63) is 47.5 Å². The van der Waals surface area contributed by atoms with Gasteiger partial charge in [-0.3, -0.25) is 0 Å². The molecule has 0 aromatic heterocycles. The van der Waals surface area contributed by atoms with Gasteiger partial charge in [-0.05, 0) is 18.2 Å². The second kappa shape index (κ2) is 4.33. The monoisotopic (exact) mass is 235 g/mol. The summed E-state index contributed by atoms with van der Waals surface area (Å²) >= 11 is 5.94. The Bertz CT molecular complexity index is 500. The highest BCUT2D eigenvalue weighted by Crippen LogP contribution is 2.36. The van der Waals surface area contributed by atoms with Gasteiger partial charge in [0.15, 0.2) is 0 Å². The van der Waals surface area contributed by atoms with Gasteiger partial charge >= 0.3 is 0 Å². The van der Waals surface area contributed by atoms with E-state index in [0.29, 0.717) is 16.5 Å². The topological polar surface area (TPSA) is 55.5 Å². The minimum Gasteiger partial charge on any atom is -0.506 e. The van der Waals surface area contributed by atoms with Crippen molar-refractivity contribution in [3.63, 3.8) is 0 Å². The van der Waals surface area contributed by atoms with E-state index in [2.05, 4.69) is 0 Å². The van der Waals surface area contributed by atoms with Gasteiger partial charge in [-0.2, -0.15) is 0 Å². The number of nitrogen functional groups attached to an aromatic ring is 1. The van der Waals surface area contributed by atoms with Crippen molar-refractivity contribution in [1.29, 1.82) is 0 Å². The molecule has 82 valence electrons. The Labute approximate surface area is 98.0 Å². The Kier molecular flexibility index (Phi) is 2.88. The third-order valence-electron chi connectivity index (χ3n) is 2.05. The van der Waals surface area contributed by atoms with Crippen molar-refractivity contribution < 1.29 is 9.84 Å². The van der Waals surface area contributed by atoms with Crippen LogP contribution in [0.5, 0.6) is 17.2 Å². The van der Waals surface area contributed by atoms with E-state index in [-0.39, 0.29) is 11.4 Å². The number of phenolic OH excluding ortho intramolecular Hbond substituents is 1. The summed E-state index contributed by atoms with van der Waals surface area (Å²) in [5, 5.41) is 9.80. The number of rotatable bonds is 2. The standard InChI is InChI=1S/C12H10ClNO2/c13-9-6-10(14)11(15)7-12(9)16-8-4-2-1-3-5-8/h1-7,15H,14H2. The van der Waals surface area contributed by atoms with E-state index in [0.717, 1.165) is 0 Å². The van der Waals surface area contributed by atoms with Crippen LogP contribution in [0.25, 0.3) is 0 Å². The molecule has 2 aromatic rings. The van der Waals surface area contributed by atoms with Crippen molar-refractivity contribution in [2.45, 2.75) is 0 Å². The van der Waals surface area contributed by atoms with E-state index in [1.165, 1.54) is 12.1 Å². The van der Waals surface area contributed by atoms with E-state index in [4.69, 9.17) is 22.1 Å². The fraction of sp³-hybridized carbons (Fsp3) is 0. The molecule has 3 nitrogen and oxygen atoms in total. The number of benzene rings is 2. The molecule has 0 radical (unpaired) electrons. The second-order valence-corrected chi connectivity index (χ2v) is 3.66.